The monoisotopic (exact) mass is 492 g/mol. The van der Waals surface area contributed by atoms with E-state index in [0.29, 0.717) is 39.8 Å². The lowest BCUT2D eigenvalue weighted by Crippen LogP contribution is -2.19. The van der Waals surface area contributed by atoms with E-state index in [1.807, 2.05) is 79.7 Å². The second kappa shape index (κ2) is 11.3. The van der Waals surface area contributed by atoms with Crippen LogP contribution in [0.1, 0.15) is 30.5 Å². The Kier molecular flexibility index (Phi) is 7.93. The number of carbonyl (C=O) groups excluding carboxylic acids is 1. The van der Waals surface area contributed by atoms with Gasteiger partial charge >= 0.3 is 0 Å². The highest BCUT2D eigenvalue weighted by atomic mass is 35.5. The van der Waals surface area contributed by atoms with Crippen LogP contribution in [-0.2, 0) is 17.8 Å². The minimum atomic E-state index is -0.175. The number of rotatable bonds is 8. The summed E-state index contributed by atoms with van der Waals surface area (Å²) < 4.78 is 11.8. The molecule has 0 bridgehead atoms. The van der Waals surface area contributed by atoms with Gasteiger partial charge in [-0.1, -0.05) is 54.9 Å². The number of aliphatic imine (C=N–C) groups is 1. The molecule has 1 saturated heterocycles. The predicted octanol–water partition coefficient (Wildman–Crippen LogP) is 6.77. The van der Waals surface area contributed by atoms with Crippen molar-refractivity contribution in [3.05, 3.63) is 93.3 Å². The van der Waals surface area contributed by atoms with Crippen molar-refractivity contribution in [2.75, 3.05) is 6.61 Å². The highest BCUT2D eigenvalue weighted by Gasteiger charge is 2.24. The highest BCUT2D eigenvalue weighted by molar-refractivity contribution is 8.18. The Labute approximate surface area is 208 Å². The van der Waals surface area contributed by atoms with Gasteiger partial charge in [0.25, 0.3) is 5.91 Å². The van der Waals surface area contributed by atoms with Crippen molar-refractivity contribution >= 4 is 46.2 Å². The van der Waals surface area contributed by atoms with E-state index in [9.17, 15) is 4.79 Å². The maximum atomic E-state index is 12.5. The van der Waals surface area contributed by atoms with Crippen LogP contribution in [0, 0.1) is 0 Å². The van der Waals surface area contributed by atoms with E-state index in [1.165, 1.54) is 17.3 Å². The molecule has 3 aromatic rings. The largest absolute Gasteiger partial charge is 0.490 e. The number of nitrogens with zero attached hydrogens (tertiary/aromatic N) is 1. The molecule has 0 spiro atoms. The van der Waals surface area contributed by atoms with Gasteiger partial charge in [-0.05, 0) is 72.6 Å². The third-order valence-corrected chi connectivity index (χ3v) is 6.41. The van der Waals surface area contributed by atoms with Crippen LogP contribution < -0.4 is 14.8 Å². The lowest BCUT2D eigenvalue weighted by atomic mass is 10.1. The first-order chi connectivity index (χ1) is 16.6. The Morgan fingerprint density at radius 2 is 1.79 bits per heavy atom. The molecule has 1 amide bonds. The molecule has 1 aliphatic rings. The van der Waals surface area contributed by atoms with Gasteiger partial charge in [-0.2, -0.15) is 0 Å². The Balaban J connectivity index is 1.50. The van der Waals surface area contributed by atoms with Gasteiger partial charge in [0.05, 0.1) is 17.2 Å². The lowest BCUT2D eigenvalue weighted by molar-refractivity contribution is -0.115. The first-order valence-electron chi connectivity index (χ1n) is 11.1. The summed E-state index contributed by atoms with van der Waals surface area (Å²) in [5.41, 5.74) is 3.78. The Hall–Kier alpha value is -3.22. The molecule has 0 unspecified atom stereocenters. The topological polar surface area (TPSA) is 59.9 Å². The van der Waals surface area contributed by atoms with Crippen molar-refractivity contribution in [2.24, 2.45) is 4.99 Å². The number of halogens is 1. The Morgan fingerprint density at radius 3 is 2.53 bits per heavy atom. The number of thioether (sulfide) groups is 1. The molecule has 1 heterocycles. The molecular weight excluding hydrogens is 468 g/mol. The van der Waals surface area contributed by atoms with Gasteiger partial charge in [-0.15, -0.1) is 0 Å². The molecular formula is C27H25ClN2O3S. The zero-order valence-corrected chi connectivity index (χ0v) is 20.6. The molecule has 34 heavy (non-hydrogen) atoms. The van der Waals surface area contributed by atoms with Crippen molar-refractivity contribution in [1.29, 1.82) is 0 Å². The minimum absolute atomic E-state index is 0.175. The summed E-state index contributed by atoms with van der Waals surface area (Å²) in [6, 6.07) is 21.2. The zero-order valence-electron chi connectivity index (χ0n) is 19.0. The number of amidine groups is 1. The minimum Gasteiger partial charge on any atom is -0.490 e. The van der Waals surface area contributed by atoms with Gasteiger partial charge in [0.1, 0.15) is 6.61 Å². The lowest BCUT2D eigenvalue weighted by Gasteiger charge is -2.13. The molecule has 4 rings (SSSR count). The van der Waals surface area contributed by atoms with Gasteiger partial charge in [0.2, 0.25) is 0 Å². The summed E-state index contributed by atoms with van der Waals surface area (Å²) in [6.45, 7) is 4.85. The molecule has 174 valence electrons. The first kappa shape index (κ1) is 23.9. The summed E-state index contributed by atoms with van der Waals surface area (Å²) >= 11 is 7.55. The molecule has 1 N–H and O–H groups in total. The quantitative estimate of drug-likeness (QED) is 0.352. The summed E-state index contributed by atoms with van der Waals surface area (Å²) in [5, 5.41) is 4.05. The summed E-state index contributed by atoms with van der Waals surface area (Å²) in [7, 11) is 0. The predicted molar refractivity (Wildman–Crippen MR) is 140 cm³/mol. The van der Waals surface area contributed by atoms with Crippen molar-refractivity contribution in [3.8, 4) is 11.5 Å². The average molecular weight is 493 g/mol. The Bertz CT molecular complexity index is 1240. The molecule has 1 fully saturated rings. The molecule has 7 heteroatoms. The number of carbonyl (C=O) groups is 1. The van der Waals surface area contributed by atoms with Gasteiger partial charge in [-0.3, -0.25) is 4.79 Å². The summed E-state index contributed by atoms with van der Waals surface area (Å²) in [5.74, 6) is 1.05. The maximum absolute atomic E-state index is 12.5. The average Bonchev–Trinajstić information content (AvgIpc) is 3.18. The number of hydrogen-bond donors (Lipinski definition) is 1. The van der Waals surface area contributed by atoms with Crippen molar-refractivity contribution in [2.45, 2.75) is 26.9 Å². The fourth-order valence-electron chi connectivity index (χ4n) is 3.33. The van der Waals surface area contributed by atoms with E-state index in [2.05, 4.69) is 17.2 Å². The van der Waals surface area contributed by atoms with Crippen LogP contribution in [0.15, 0.2) is 76.6 Å². The highest BCUT2D eigenvalue weighted by Crippen LogP contribution is 2.33. The number of amides is 1. The number of ether oxygens (including phenoxy) is 2. The molecule has 0 saturated carbocycles. The SMILES string of the molecule is CCOc1cc(C=C2SC(=Nc3ccc(CC)cc3)NC2=O)ccc1OCc1ccccc1Cl. The molecule has 5 nitrogen and oxygen atoms in total. The second-order valence-electron chi connectivity index (χ2n) is 7.52. The molecule has 3 aromatic carbocycles. The summed E-state index contributed by atoms with van der Waals surface area (Å²) in [4.78, 5) is 17.6. The van der Waals surface area contributed by atoms with Crippen molar-refractivity contribution in [3.63, 3.8) is 0 Å². The molecule has 0 radical (unpaired) electrons. The fraction of sp³-hybridized carbons (Fsp3) is 0.185. The van der Waals surface area contributed by atoms with E-state index in [0.717, 1.165) is 23.2 Å². The Morgan fingerprint density at radius 1 is 1.00 bits per heavy atom. The normalized spacial score (nSPS) is 15.6. The van der Waals surface area contributed by atoms with Crippen LogP contribution in [0.4, 0.5) is 5.69 Å². The first-order valence-corrected chi connectivity index (χ1v) is 12.3. The van der Waals surface area contributed by atoms with E-state index in [1.54, 1.807) is 0 Å². The maximum Gasteiger partial charge on any atom is 0.264 e. The van der Waals surface area contributed by atoms with Gasteiger partial charge in [0.15, 0.2) is 16.7 Å². The van der Waals surface area contributed by atoms with Crippen LogP contribution in [0.25, 0.3) is 6.08 Å². The van der Waals surface area contributed by atoms with Crippen LogP contribution in [0.2, 0.25) is 5.02 Å². The van der Waals surface area contributed by atoms with Gasteiger partial charge < -0.3 is 14.8 Å². The number of aryl methyl sites for hydroxylation is 1. The second-order valence-corrected chi connectivity index (χ2v) is 8.96. The molecule has 0 aliphatic carbocycles. The smallest absolute Gasteiger partial charge is 0.264 e. The standard InChI is InChI=1S/C27H25ClN2O3S/c1-3-18-9-12-21(13-10-18)29-27-30-26(31)25(34-27)16-19-11-14-23(24(15-19)32-4-2)33-17-20-7-5-6-8-22(20)28/h5-16H,3-4,17H2,1-2H3,(H,29,30,31). The van der Waals surface area contributed by atoms with Gasteiger partial charge in [-0.25, -0.2) is 4.99 Å². The van der Waals surface area contributed by atoms with Crippen molar-refractivity contribution < 1.29 is 14.3 Å². The van der Waals surface area contributed by atoms with Crippen molar-refractivity contribution in [1.82, 2.24) is 5.32 Å². The third kappa shape index (κ3) is 6.01. The third-order valence-electron chi connectivity index (χ3n) is 5.13. The van der Waals surface area contributed by atoms with E-state index in [-0.39, 0.29) is 5.91 Å². The van der Waals surface area contributed by atoms with Gasteiger partial charge in [0, 0.05) is 10.6 Å². The van der Waals surface area contributed by atoms with E-state index >= 15 is 0 Å². The zero-order chi connectivity index (χ0) is 23.9. The van der Waals surface area contributed by atoms with E-state index in [4.69, 9.17) is 21.1 Å². The van der Waals surface area contributed by atoms with Crippen LogP contribution >= 0.6 is 23.4 Å². The number of nitrogens with one attached hydrogen (secondary N) is 1. The number of hydrogen-bond acceptors (Lipinski definition) is 5. The molecule has 0 atom stereocenters. The fourth-order valence-corrected chi connectivity index (χ4v) is 4.36. The molecule has 1 aliphatic heterocycles. The van der Waals surface area contributed by atoms with Crippen LogP contribution in [-0.4, -0.2) is 17.7 Å². The number of benzene rings is 3. The van der Waals surface area contributed by atoms with Crippen LogP contribution in [0.5, 0.6) is 11.5 Å². The molecule has 0 aromatic heterocycles. The summed E-state index contributed by atoms with van der Waals surface area (Å²) in [6.07, 6.45) is 2.80. The van der Waals surface area contributed by atoms with Crippen LogP contribution in [0.3, 0.4) is 0 Å². The van der Waals surface area contributed by atoms with E-state index < -0.39 is 0 Å².